The summed E-state index contributed by atoms with van der Waals surface area (Å²) in [6.45, 7) is 4.93. The molecule has 62 valence electrons. The van der Waals surface area contributed by atoms with E-state index in [9.17, 15) is 9.59 Å². The number of rotatable bonds is 2. The van der Waals surface area contributed by atoms with Gasteiger partial charge in [0.25, 0.3) is 5.91 Å². The normalized spacial score (nSPS) is 11.0. The molecule has 0 aromatic rings. The highest BCUT2D eigenvalue weighted by molar-refractivity contribution is 6.03. The SMILES string of the molecule is CCC=C(C)C(=O)NC(C)=O. The number of imide groups is 1. The summed E-state index contributed by atoms with van der Waals surface area (Å²) in [5.41, 5.74) is 0.586. The molecule has 3 nitrogen and oxygen atoms in total. The van der Waals surface area contributed by atoms with Gasteiger partial charge in [-0.1, -0.05) is 13.0 Å². The van der Waals surface area contributed by atoms with E-state index in [1.165, 1.54) is 6.92 Å². The Morgan fingerprint density at radius 2 is 1.91 bits per heavy atom. The van der Waals surface area contributed by atoms with Gasteiger partial charge >= 0.3 is 0 Å². The van der Waals surface area contributed by atoms with Crippen LogP contribution in [0.15, 0.2) is 11.6 Å². The maximum atomic E-state index is 10.9. The van der Waals surface area contributed by atoms with Gasteiger partial charge in [0.2, 0.25) is 5.91 Å². The third-order valence-corrected chi connectivity index (χ3v) is 1.16. The fraction of sp³-hybridized carbons (Fsp3) is 0.500. The highest BCUT2D eigenvalue weighted by Crippen LogP contribution is 1.93. The summed E-state index contributed by atoms with van der Waals surface area (Å²) in [5, 5.41) is 2.18. The van der Waals surface area contributed by atoms with Crippen molar-refractivity contribution >= 4 is 11.8 Å². The molecule has 0 radical (unpaired) electrons. The molecular formula is C8H13NO2. The van der Waals surface area contributed by atoms with E-state index >= 15 is 0 Å². The van der Waals surface area contributed by atoms with Crippen LogP contribution >= 0.6 is 0 Å². The molecule has 0 unspecified atom stereocenters. The number of nitrogens with one attached hydrogen (secondary N) is 1. The molecule has 0 aliphatic rings. The third-order valence-electron chi connectivity index (χ3n) is 1.16. The van der Waals surface area contributed by atoms with Crippen LogP contribution in [-0.2, 0) is 9.59 Å². The second kappa shape index (κ2) is 4.66. The first-order valence-electron chi connectivity index (χ1n) is 3.56. The Morgan fingerprint density at radius 3 is 2.27 bits per heavy atom. The first-order chi connectivity index (χ1) is 5.07. The van der Waals surface area contributed by atoms with Crippen LogP contribution in [0.4, 0.5) is 0 Å². The zero-order valence-corrected chi connectivity index (χ0v) is 7.10. The minimum atomic E-state index is -0.321. The van der Waals surface area contributed by atoms with E-state index in [-0.39, 0.29) is 11.8 Å². The largest absolute Gasteiger partial charge is 0.293 e. The molecule has 0 saturated carbocycles. The number of hydrogen-bond donors (Lipinski definition) is 1. The predicted molar refractivity (Wildman–Crippen MR) is 42.9 cm³/mol. The van der Waals surface area contributed by atoms with Gasteiger partial charge in [-0.25, -0.2) is 0 Å². The fourth-order valence-corrected chi connectivity index (χ4v) is 0.657. The number of carbonyl (C=O) groups is 2. The lowest BCUT2D eigenvalue weighted by molar-refractivity contribution is -0.127. The highest BCUT2D eigenvalue weighted by atomic mass is 16.2. The molecule has 0 rings (SSSR count). The van der Waals surface area contributed by atoms with E-state index < -0.39 is 0 Å². The van der Waals surface area contributed by atoms with Crippen molar-refractivity contribution in [2.24, 2.45) is 0 Å². The van der Waals surface area contributed by atoms with Crippen LogP contribution in [0.25, 0.3) is 0 Å². The average molecular weight is 155 g/mol. The Balaban J connectivity index is 4.03. The Hall–Kier alpha value is -1.12. The van der Waals surface area contributed by atoms with Crippen molar-refractivity contribution in [3.8, 4) is 0 Å². The van der Waals surface area contributed by atoms with Crippen LogP contribution in [0.3, 0.4) is 0 Å². The molecule has 0 heterocycles. The van der Waals surface area contributed by atoms with Gasteiger partial charge < -0.3 is 0 Å². The molecule has 0 aliphatic heterocycles. The van der Waals surface area contributed by atoms with Crippen molar-refractivity contribution in [3.63, 3.8) is 0 Å². The van der Waals surface area contributed by atoms with Crippen molar-refractivity contribution in [1.29, 1.82) is 0 Å². The summed E-state index contributed by atoms with van der Waals surface area (Å²) in [5.74, 6) is -0.627. The summed E-state index contributed by atoms with van der Waals surface area (Å²) >= 11 is 0. The van der Waals surface area contributed by atoms with Gasteiger partial charge in [-0.2, -0.15) is 0 Å². The summed E-state index contributed by atoms with van der Waals surface area (Å²) in [4.78, 5) is 21.3. The van der Waals surface area contributed by atoms with Crippen LogP contribution in [0, 0.1) is 0 Å². The molecule has 0 fully saturated rings. The molecule has 2 amide bonds. The molecule has 0 aromatic heterocycles. The third kappa shape index (κ3) is 4.31. The molecule has 0 atom stereocenters. The molecular weight excluding hydrogens is 142 g/mol. The van der Waals surface area contributed by atoms with Crippen LogP contribution in [0.5, 0.6) is 0 Å². The van der Waals surface area contributed by atoms with Gasteiger partial charge in [0.15, 0.2) is 0 Å². The van der Waals surface area contributed by atoms with Crippen LogP contribution in [0.1, 0.15) is 27.2 Å². The molecule has 1 N–H and O–H groups in total. The monoisotopic (exact) mass is 155 g/mol. The topological polar surface area (TPSA) is 46.2 Å². The highest BCUT2D eigenvalue weighted by Gasteiger charge is 2.03. The van der Waals surface area contributed by atoms with E-state index in [0.29, 0.717) is 5.57 Å². The van der Waals surface area contributed by atoms with Crippen LogP contribution in [-0.4, -0.2) is 11.8 Å². The standard InChI is InChI=1S/C8H13NO2/c1-4-5-6(2)8(11)9-7(3)10/h5H,4H2,1-3H3,(H,9,10,11). The van der Waals surface area contributed by atoms with Crippen molar-refractivity contribution < 1.29 is 9.59 Å². The Kier molecular flexibility index (Phi) is 4.18. The van der Waals surface area contributed by atoms with Crippen molar-refractivity contribution in [2.75, 3.05) is 0 Å². The van der Waals surface area contributed by atoms with E-state index in [1.54, 1.807) is 13.0 Å². The lowest BCUT2D eigenvalue weighted by Gasteiger charge is -1.98. The molecule has 0 spiro atoms. The van der Waals surface area contributed by atoms with Crippen molar-refractivity contribution in [2.45, 2.75) is 27.2 Å². The van der Waals surface area contributed by atoms with Gasteiger partial charge in [-0.15, -0.1) is 0 Å². The molecule has 0 aromatic carbocycles. The maximum Gasteiger partial charge on any atom is 0.253 e. The van der Waals surface area contributed by atoms with Gasteiger partial charge in [0.1, 0.15) is 0 Å². The molecule has 3 heteroatoms. The van der Waals surface area contributed by atoms with E-state index in [4.69, 9.17) is 0 Å². The summed E-state index contributed by atoms with van der Waals surface area (Å²) < 4.78 is 0. The molecule has 0 bridgehead atoms. The van der Waals surface area contributed by atoms with Crippen LogP contribution in [0.2, 0.25) is 0 Å². The number of hydrogen-bond acceptors (Lipinski definition) is 2. The number of carbonyl (C=O) groups excluding carboxylic acids is 2. The summed E-state index contributed by atoms with van der Waals surface area (Å²) in [6.07, 6.45) is 2.58. The molecule has 11 heavy (non-hydrogen) atoms. The van der Waals surface area contributed by atoms with Gasteiger partial charge in [-0.05, 0) is 13.3 Å². The van der Waals surface area contributed by atoms with E-state index in [1.807, 2.05) is 6.92 Å². The zero-order valence-electron chi connectivity index (χ0n) is 7.10. The maximum absolute atomic E-state index is 10.9. The zero-order chi connectivity index (χ0) is 8.85. The Morgan fingerprint density at radius 1 is 1.36 bits per heavy atom. The quantitative estimate of drug-likeness (QED) is 0.605. The lowest BCUT2D eigenvalue weighted by atomic mass is 10.2. The number of allylic oxidation sites excluding steroid dienone is 1. The lowest BCUT2D eigenvalue weighted by Crippen LogP contribution is -2.28. The minimum Gasteiger partial charge on any atom is -0.293 e. The second-order valence-electron chi connectivity index (χ2n) is 2.31. The van der Waals surface area contributed by atoms with Crippen LogP contribution < -0.4 is 5.32 Å². The first-order valence-corrected chi connectivity index (χ1v) is 3.56. The predicted octanol–water partition coefficient (Wildman–Crippen LogP) is 1.01. The van der Waals surface area contributed by atoms with Gasteiger partial charge in [-0.3, -0.25) is 14.9 Å². The first kappa shape index (κ1) is 9.88. The Bertz CT molecular complexity index is 194. The van der Waals surface area contributed by atoms with E-state index in [2.05, 4.69) is 5.32 Å². The van der Waals surface area contributed by atoms with Crippen molar-refractivity contribution in [1.82, 2.24) is 5.32 Å². The summed E-state index contributed by atoms with van der Waals surface area (Å²) in [7, 11) is 0. The molecule has 0 aliphatic carbocycles. The molecule has 0 saturated heterocycles. The average Bonchev–Trinajstić information content (AvgIpc) is 1.86. The van der Waals surface area contributed by atoms with Gasteiger partial charge in [0, 0.05) is 12.5 Å². The smallest absolute Gasteiger partial charge is 0.253 e. The fourth-order valence-electron chi connectivity index (χ4n) is 0.657. The summed E-state index contributed by atoms with van der Waals surface area (Å²) in [6, 6.07) is 0. The number of amides is 2. The Labute approximate surface area is 66.5 Å². The van der Waals surface area contributed by atoms with Crippen molar-refractivity contribution in [3.05, 3.63) is 11.6 Å². The second-order valence-corrected chi connectivity index (χ2v) is 2.31. The van der Waals surface area contributed by atoms with E-state index in [0.717, 1.165) is 6.42 Å². The minimum absolute atomic E-state index is 0.306. The van der Waals surface area contributed by atoms with Gasteiger partial charge in [0.05, 0.1) is 0 Å².